The van der Waals surface area contributed by atoms with Gasteiger partial charge in [0.15, 0.2) is 0 Å². The number of aliphatic hydroxyl groups is 1. The van der Waals surface area contributed by atoms with Crippen LogP contribution in [0.15, 0.2) is 0 Å². The number of unbranched alkanes of at least 4 members (excludes halogenated alkanes) is 16. The molecule has 6 nitrogen and oxygen atoms in total. The largest absolute Gasteiger partial charge is 0.465 e. The van der Waals surface area contributed by atoms with Crippen molar-refractivity contribution in [3.8, 4) is 0 Å². The molecule has 3 unspecified atom stereocenters. The first kappa shape index (κ1) is 42.9. The summed E-state index contributed by atoms with van der Waals surface area (Å²) in [5.41, 5.74) is 0. The summed E-state index contributed by atoms with van der Waals surface area (Å²) >= 11 is 0. The maximum absolute atomic E-state index is 12.6. The summed E-state index contributed by atoms with van der Waals surface area (Å²) in [4.78, 5) is 27.1. The van der Waals surface area contributed by atoms with E-state index in [1.54, 1.807) is 0 Å². The van der Waals surface area contributed by atoms with Crippen LogP contribution in [-0.4, -0.2) is 60.9 Å². The normalized spacial score (nSPS) is 16.5. The minimum absolute atomic E-state index is 0.00320. The monoisotopic (exact) mass is 652 g/mol. The number of ether oxygens (including phenoxy) is 2. The van der Waals surface area contributed by atoms with Gasteiger partial charge in [0.25, 0.3) is 0 Å². The molecule has 0 aromatic rings. The highest BCUT2D eigenvalue weighted by Crippen LogP contribution is 2.42. The molecule has 0 spiro atoms. The fourth-order valence-corrected chi connectivity index (χ4v) is 6.67. The second-order valence-electron chi connectivity index (χ2n) is 14.3. The van der Waals surface area contributed by atoms with Gasteiger partial charge in [-0.2, -0.15) is 0 Å². The number of esters is 2. The highest BCUT2D eigenvalue weighted by Gasteiger charge is 2.37. The van der Waals surface area contributed by atoms with Crippen molar-refractivity contribution >= 4 is 11.9 Å². The Morgan fingerprint density at radius 2 is 1.13 bits per heavy atom. The molecule has 1 saturated carbocycles. The standard InChI is InChI=1S/C40H77NO5/c1-4-7-10-13-16-21-27-38(26-20-15-11-8-5-2)46-40(44)28-22-17-14-18-23-30-41(32-33-42)31-24-29-39(43)45-35-37-34-36(37)25-19-12-9-6-3/h36-38,42H,4-35H2,1-3H3. The Morgan fingerprint density at radius 1 is 0.609 bits per heavy atom. The number of aliphatic hydroxyl groups excluding tert-OH is 1. The van der Waals surface area contributed by atoms with Gasteiger partial charge in [-0.25, -0.2) is 0 Å². The molecule has 1 N–H and O–H groups in total. The molecule has 1 aliphatic rings. The van der Waals surface area contributed by atoms with E-state index >= 15 is 0 Å². The third-order valence-electron chi connectivity index (χ3n) is 9.89. The molecule has 0 aliphatic heterocycles. The third kappa shape index (κ3) is 25.9. The fourth-order valence-electron chi connectivity index (χ4n) is 6.67. The number of hydrogen-bond donors (Lipinski definition) is 1. The Labute approximate surface area is 285 Å². The second-order valence-corrected chi connectivity index (χ2v) is 14.3. The van der Waals surface area contributed by atoms with Crippen molar-refractivity contribution in [1.82, 2.24) is 4.90 Å². The van der Waals surface area contributed by atoms with Gasteiger partial charge in [-0.05, 0) is 76.3 Å². The number of nitrogens with zero attached hydrogens (tertiary/aromatic N) is 1. The van der Waals surface area contributed by atoms with Crippen LogP contribution >= 0.6 is 0 Å². The zero-order valence-electron chi connectivity index (χ0n) is 30.9. The van der Waals surface area contributed by atoms with Gasteiger partial charge in [0.1, 0.15) is 6.10 Å². The van der Waals surface area contributed by atoms with Crippen LogP contribution in [0.5, 0.6) is 0 Å². The Bertz CT molecular complexity index is 701. The second kappa shape index (κ2) is 31.1. The van der Waals surface area contributed by atoms with E-state index in [0.717, 1.165) is 70.4 Å². The molecule has 1 aliphatic carbocycles. The predicted octanol–water partition coefficient (Wildman–Crippen LogP) is 10.6. The molecule has 0 aromatic heterocycles. The van der Waals surface area contributed by atoms with Gasteiger partial charge < -0.3 is 19.5 Å². The van der Waals surface area contributed by atoms with Crippen molar-refractivity contribution in [2.45, 2.75) is 200 Å². The maximum Gasteiger partial charge on any atom is 0.306 e. The summed E-state index contributed by atoms with van der Waals surface area (Å²) < 4.78 is 11.5. The van der Waals surface area contributed by atoms with Crippen molar-refractivity contribution in [3.05, 3.63) is 0 Å². The van der Waals surface area contributed by atoms with Gasteiger partial charge in [-0.1, -0.05) is 130 Å². The molecule has 0 amide bonds. The Kier molecular flexibility index (Phi) is 29.0. The molecule has 0 radical (unpaired) electrons. The molecule has 0 saturated heterocycles. The van der Waals surface area contributed by atoms with Crippen LogP contribution in [0, 0.1) is 11.8 Å². The summed E-state index contributed by atoms with van der Waals surface area (Å²) in [6.45, 7) is 9.92. The van der Waals surface area contributed by atoms with Crippen molar-refractivity contribution in [3.63, 3.8) is 0 Å². The van der Waals surface area contributed by atoms with E-state index in [1.165, 1.54) is 109 Å². The third-order valence-corrected chi connectivity index (χ3v) is 9.89. The first-order valence-electron chi connectivity index (χ1n) is 20.2. The van der Waals surface area contributed by atoms with E-state index in [9.17, 15) is 14.7 Å². The highest BCUT2D eigenvalue weighted by molar-refractivity contribution is 5.69. The maximum atomic E-state index is 12.6. The Balaban J connectivity index is 2.12. The molecule has 6 heteroatoms. The topological polar surface area (TPSA) is 76.1 Å². The van der Waals surface area contributed by atoms with Gasteiger partial charge in [-0.3, -0.25) is 9.59 Å². The van der Waals surface area contributed by atoms with Crippen molar-refractivity contribution < 1.29 is 24.2 Å². The van der Waals surface area contributed by atoms with Crippen LogP contribution in [-0.2, 0) is 19.1 Å². The smallest absolute Gasteiger partial charge is 0.306 e. The predicted molar refractivity (Wildman–Crippen MR) is 193 cm³/mol. The van der Waals surface area contributed by atoms with Crippen molar-refractivity contribution in [2.75, 3.05) is 32.8 Å². The van der Waals surface area contributed by atoms with E-state index in [-0.39, 0.29) is 24.6 Å². The lowest BCUT2D eigenvalue weighted by atomic mass is 10.0. The quantitative estimate of drug-likeness (QED) is 0.0543. The number of rotatable bonds is 35. The summed E-state index contributed by atoms with van der Waals surface area (Å²) in [5.74, 6) is 1.30. The number of hydrogen-bond acceptors (Lipinski definition) is 6. The number of carbonyl (C=O) groups is 2. The first-order valence-corrected chi connectivity index (χ1v) is 20.2. The van der Waals surface area contributed by atoms with Crippen molar-refractivity contribution in [1.29, 1.82) is 0 Å². The minimum atomic E-state index is -0.0696. The highest BCUT2D eigenvalue weighted by atomic mass is 16.5. The molecular weight excluding hydrogens is 574 g/mol. The summed E-state index contributed by atoms with van der Waals surface area (Å²) in [6.07, 6.45) is 30.9. The van der Waals surface area contributed by atoms with E-state index in [4.69, 9.17) is 9.47 Å². The summed E-state index contributed by atoms with van der Waals surface area (Å²) in [7, 11) is 0. The number of carbonyl (C=O) groups excluding carboxylic acids is 2. The molecule has 0 bridgehead atoms. The lowest BCUT2D eigenvalue weighted by Gasteiger charge is -2.21. The molecule has 1 rings (SSSR count). The zero-order chi connectivity index (χ0) is 33.5. The SMILES string of the molecule is CCCCCCCCC(CCCCCCC)OC(=O)CCCCCCCN(CCO)CCCC(=O)OCC1CC1CCCCCC. The average Bonchev–Trinajstić information content (AvgIpc) is 3.81. The van der Waals surface area contributed by atoms with Crippen LogP contribution in [0.3, 0.4) is 0 Å². The molecular formula is C40H77NO5. The first-order chi connectivity index (χ1) is 22.5. The van der Waals surface area contributed by atoms with Gasteiger partial charge in [-0.15, -0.1) is 0 Å². The van der Waals surface area contributed by atoms with E-state index in [2.05, 4.69) is 25.7 Å². The molecule has 0 heterocycles. The van der Waals surface area contributed by atoms with Gasteiger partial charge in [0.2, 0.25) is 0 Å². The average molecular weight is 652 g/mol. The van der Waals surface area contributed by atoms with Crippen LogP contribution in [0.1, 0.15) is 194 Å². The van der Waals surface area contributed by atoms with Crippen LogP contribution < -0.4 is 0 Å². The molecule has 3 atom stereocenters. The van der Waals surface area contributed by atoms with E-state index in [0.29, 0.717) is 31.9 Å². The van der Waals surface area contributed by atoms with Crippen LogP contribution in [0.2, 0.25) is 0 Å². The summed E-state index contributed by atoms with van der Waals surface area (Å²) in [5, 5.41) is 9.50. The Hall–Kier alpha value is -1.14. The van der Waals surface area contributed by atoms with E-state index < -0.39 is 0 Å². The summed E-state index contributed by atoms with van der Waals surface area (Å²) in [6, 6.07) is 0. The van der Waals surface area contributed by atoms with Gasteiger partial charge >= 0.3 is 11.9 Å². The lowest BCUT2D eigenvalue weighted by Crippen LogP contribution is -2.29. The van der Waals surface area contributed by atoms with Crippen LogP contribution in [0.4, 0.5) is 0 Å². The van der Waals surface area contributed by atoms with E-state index in [1.807, 2.05) is 0 Å². The van der Waals surface area contributed by atoms with Gasteiger partial charge in [0.05, 0.1) is 13.2 Å². The molecule has 1 fully saturated rings. The molecule has 0 aromatic carbocycles. The molecule has 46 heavy (non-hydrogen) atoms. The lowest BCUT2D eigenvalue weighted by molar-refractivity contribution is -0.150. The van der Waals surface area contributed by atoms with Gasteiger partial charge in [0, 0.05) is 19.4 Å². The molecule has 272 valence electrons. The minimum Gasteiger partial charge on any atom is -0.465 e. The van der Waals surface area contributed by atoms with Crippen LogP contribution in [0.25, 0.3) is 0 Å². The fraction of sp³-hybridized carbons (Fsp3) is 0.950. The van der Waals surface area contributed by atoms with Crippen molar-refractivity contribution in [2.24, 2.45) is 11.8 Å². The zero-order valence-corrected chi connectivity index (χ0v) is 30.9. The Morgan fingerprint density at radius 3 is 1.76 bits per heavy atom.